The first-order valence-corrected chi connectivity index (χ1v) is 13.2. The second-order valence-electron chi connectivity index (χ2n) is 10.5. The molecule has 0 unspecified atom stereocenters. The molecule has 2 atom stereocenters. The number of carbonyl (C=O) groups excluding carboxylic acids is 2. The average Bonchev–Trinajstić information content (AvgIpc) is 3.59. The quantitative estimate of drug-likeness (QED) is 0.427. The first kappa shape index (κ1) is 25.2. The van der Waals surface area contributed by atoms with Crippen LogP contribution >= 0.6 is 0 Å². The number of benzene rings is 2. The van der Waals surface area contributed by atoms with Gasteiger partial charge in [0, 0.05) is 50.8 Å². The van der Waals surface area contributed by atoms with Crippen molar-refractivity contribution in [2.45, 2.75) is 44.7 Å². The molecule has 2 fully saturated rings. The number of aryl methyl sites for hydroxylation is 1. The zero-order chi connectivity index (χ0) is 25.9. The second-order valence-corrected chi connectivity index (χ2v) is 10.5. The maximum Gasteiger partial charge on any atom is 0.337 e. The third kappa shape index (κ3) is 5.93. The van der Waals surface area contributed by atoms with Gasteiger partial charge in [-0.1, -0.05) is 36.4 Å². The molecule has 194 valence electrons. The lowest BCUT2D eigenvalue weighted by atomic mass is 9.95. The van der Waals surface area contributed by atoms with Gasteiger partial charge < -0.3 is 9.64 Å². The molecule has 1 amide bonds. The van der Waals surface area contributed by atoms with Crippen molar-refractivity contribution >= 4 is 11.9 Å². The van der Waals surface area contributed by atoms with E-state index in [1.807, 2.05) is 48.4 Å². The number of ether oxygens (including phenoxy) is 1. The number of methoxy groups -OCH3 is 1. The van der Waals surface area contributed by atoms with E-state index < -0.39 is 0 Å². The van der Waals surface area contributed by atoms with Crippen molar-refractivity contribution in [3.63, 3.8) is 0 Å². The summed E-state index contributed by atoms with van der Waals surface area (Å²) >= 11 is 0. The van der Waals surface area contributed by atoms with Crippen molar-refractivity contribution in [1.82, 2.24) is 19.6 Å². The van der Waals surface area contributed by atoms with E-state index >= 15 is 0 Å². The highest BCUT2D eigenvalue weighted by Gasteiger charge is 2.44. The average molecular weight is 501 g/mol. The van der Waals surface area contributed by atoms with Gasteiger partial charge in [0.25, 0.3) is 0 Å². The molecule has 7 nitrogen and oxygen atoms in total. The van der Waals surface area contributed by atoms with Crippen LogP contribution in [0.25, 0.3) is 11.1 Å². The van der Waals surface area contributed by atoms with Crippen molar-refractivity contribution in [1.29, 1.82) is 0 Å². The van der Waals surface area contributed by atoms with Crippen LogP contribution < -0.4 is 0 Å². The zero-order valence-corrected chi connectivity index (χ0v) is 22.0. The van der Waals surface area contributed by atoms with Crippen LogP contribution in [-0.2, 0) is 23.1 Å². The Kier molecular flexibility index (Phi) is 7.42. The predicted molar refractivity (Wildman–Crippen MR) is 143 cm³/mol. The number of esters is 1. The summed E-state index contributed by atoms with van der Waals surface area (Å²) in [7, 11) is 3.33. The topological polar surface area (TPSA) is 67.7 Å². The van der Waals surface area contributed by atoms with E-state index in [9.17, 15) is 9.59 Å². The second kappa shape index (κ2) is 10.9. The van der Waals surface area contributed by atoms with Gasteiger partial charge in [-0.25, -0.2) is 4.79 Å². The summed E-state index contributed by atoms with van der Waals surface area (Å²) in [5.74, 6) is 0.852. The molecule has 5 rings (SSSR count). The van der Waals surface area contributed by atoms with Crippen molar-refractivity contribution < 1.29 is 14.3 Å². The lowest BCUT2D eigenvalue weighted by Gasteiger charge is -2.35. The molecule has 1 saturated carbocycles. The third-order valence-corrected chi connectivity index (χ3v) is 7.88. The molecule has 0 spiro atoms. The standard InChI is InChI=1S/C30H36N4O3/c1-21(35)34(29-16-28(29)25-10-8-24(9-11-25)27-17-31-32(2)20-27)19-23-12-14-33(15-13-23)18-22-4-6-26(7-5-22)30(36)37-3/h4-11,17,20,23,28-29H,12-16,18-19H2,1-3H3/t28-,29+/m1/s1. The van der Waals surface area contributed by atoms with Crippen LogP contribution in [0.5, 0.6) is 0 Å². The van der Waals surface area contributed by atoms with Gasteiger partial charge in [-0.15, -0.1) is 0 Å². The smallest absolute Gasteiger partial charge is 0.337 e. The summed E-state index contributed by atoms with van der Waals surface area (Å²) in [6.45, 7) is 5.50. The number of rotatable bonds is 8. The van der Waals surface area contributed by atoms with Gasteiger partial charge in [0.15, 0.2) is 0 Å². The summed E-state index contributed by atoms with van der Waals surface area (Å²) in [5.41, 5.74) is 5.39. The van der Waals surface area contributed by atoms with Crippen molar-refractivity contribution in [2.24, 2.45) is 13.0 Å². The van der Waals surface area contributed by atoms with E-state index in [1.54, 1.807) is 6.92 Å². The van der Waals surface area contributed by atoms with E-state index in [2.05, 4.69) is 39.2 Å². The van der Waals surface area contributed by atoms with Gasteiger partial charge in [0.1, 0.15) is 0 Å². The summed E-state index contributed by atoms with van der Waals surface area (Å²) < 4.78 is 6.60. The van der Waals surface area contributed by atoms with Gasteiger partial charge in [-0.2, -0.15) is 5.10 Å². The van der Waals surface area contributed by atoms with E-state index in [-0.39, 0.29) is 11.9 Å². The highest BCUT2D eigenvalue weighted by molar-refractivity contribution is 5.89. The van der Waals surface area contributed by atoms with Gasteiger partial charge in [-0.05, 0) is 67.1 Å². The molecule has 1 aromatic heterocycles. The van der Waals surface area contributed by atoms with E-state index in [1.165, 1.54) is 23.8 Å². The Morgan fingerprint density at radius 1 is 1.03 bits per heavy atom. The highest BCUT2D eigenvalue weighted by atomic mass is 16.5. The minimum atomic E-state index is -0.304. The lowest BCUT2D eigenvalue weighted by Crippen LogP contribution is -2.41. The number of hydrogen-bond donors (Lipinski definition) is 0. The molecule has 1 aliphatic heterocycles. The van der Waals surface area contributed by atoms with E-state index in [0.717, 1.165) is 51.0 Å². The minimum Gasteiger partial charge on any atom is -0.465 e. The molecule has 37 heavy (non-hydrogen) atoms. The Balaban J connectivity index is 1.12. The zero-order valence-electron chi connectivity index (χ0n) is 22.0. The fraction of sp³-hybridized carbons (Fsp3) is 0.433. The summed E-state index contributed by atoms with van der Waals surface area (Å²) in [4.78, 5) is 28.8. The highest BCUT2D eigenvalue weighted by Crippen LogP contribution is 2.45. The number of nitrogens with zero attached hydrogens (tertiary/aromatic N) is 4. The number of carbonyl (C=O) groups is 2. The Hall–Kier alpha value is -3.45. The Labute approximate surface area is 219 Å². The summed E-state index contributed by atoms with van der Waals surface area (Å²) in [6, 6.07) is 16.7. The molecular weight excluding hydrogens is 464 g/mol. The van der Waals surface area contributed by atoms with Crippen LogP contribution in [-0.4, -0.2) is 64.2 Å². The molecule has 3 aromatic rings. The molecule has 0 bridgehead atoms. The van der Waals surface area contributed by atoms with Crippen molar-refractivity contribution in [2.75, 3.05) is 26.7 Å². The monoisotopic (exact) mass is 500 g/mol. The molecular formula is C30H36N4O3. The minimum absolute atomic E-state index is 0.188. The Morgan fingerprint density at radius 2 is 1.73 bits per heavy atom. The van der Waals surface area contributed by atoms with Crippen LogP contribution in [0, 0.1) is 5.92 Å². The van der Waals surface area contributed by atoms with Crippen LogP contribution in [0.2, 0.25) is 0 Å². The number of piperidine rings is 1. The van der Waals surface area contributed by atoms with Gasteiger partial charge >= 0.3 is 5.97 Å². The molecule has 2 heterocycles. The predicted octanol–water partition coefficient (Wildman–Crippen LogP) is 4.49. The van der Waals surface area contributed by atoms with Crippen molar-refractivity contribution in [3.8, 4) is 11.1 Å². The maximum atomic E-state index is 12.6. The van der Waals surface area contributed by atoms with Crippen LogP contribution in [0.1, 0.15) is 53.6 Å². The Morgan fingerprint density at radius 3 is 2.32 bits per heavy atom. The molecule has 0 N–H and O–H groups in total. The SMILES string of the molecule is COC(=O)c1ccc(CN2CCC(CN(C(C)=O)[C@H]3C[C@@H]3c3ccc(-c4cnn(C)c4)cc3)CC2)cc1. The summed E-state index contributed by atoms with van der Waals surface area (Å²) in [6.07, 6.45) is 7.16. The largest absolute Gasteiger partial charge is 0.465 e. The fourth-order valence-electron chi connectivity index (χ4n) is 5.60. The number of likely N-dealkylation sites (tertiary alicyclic amines) is 1. The maximum absolute atomic E-state index is 12.6. The molecule has 1 aliphatic carbocycles. The first-order valence-electron chi connectivity index (χ1n) is 13.2. The van der Waals surface area contributed by atoms with Crippen molar-refractivity contribution in [3.05, 3.63) is 77.6 Å². The Bertz CT molecular complexity index is 1230. The number of hydrogen-bond acceptors (Lipinski definition) is 5. The van der Waals surface area contributed by atoms with Crippen LogP contribution in [0.4, 0.5) is 0 Å². The number of amides is 1. The molecule has 0 radical (unpaired) electrons. The third-order valence-electron chi connectivity index (χ3n) is 7.88. The van der Waals surface area contributed by atoms with Gasteiger partial charge in [-0.3, -0.25) is 14.4 Å². The first-order chi connectivity index (χ1) is 17.9. The van der Waals surface area contributed by atoms with E-state index in [4.69, 9.17) is 4.74 Å². The van der Waals surface area contributed by atoms with E-state index in [0.29, 0.717) is 23.4 Å². The van der Waals surface area contributed by atoms with Gasteiger partial charge in [0.05, 0.1) is 18.9 Å². The van der Waals surface area contributed by atoms with Crippen LogP contribution in [0.15, 0.2) is 60.9 Å². The molecule has 7 heteroatoms. The molecule has 1 saturated heterocycles. The number of aromatic nitrogens is 2. The summed E-state index contributed by atoms with van der Waals surface area (Å²) in [5, 5.41) is 4.26. The lowest BCUT2D eigenvalue weighted by molar-refractivity contribution is -0.130. The van der Waals surface area contributed by atoms with Crippen LogP contribution in [0.3, 0.4) is 0 Å². The fourth-order valence-corrected chi connectivity index (χ4v) is 5.60. The van der Waals surface area contributed by atoms with Gasteiger partial charge in [0.2, 0.25) is 5.91 Å². The molecule has 2 aromatic carbocycles. The molecule has 2 aliphatic rings. The normalized spacial score (nSPS) is 20.0.